The van der Waals surface area contributed by atoms with Crippen LogP contribution in [0.4, 0.5) is 0 Å². The normalized spacial score (nSPS) is 85.1. The van der Waals surface area contributed by atoms with Gasteiger partial charge >= 0.3 is 0 Å². The molecular weight excluding hydrogens is 144 g/mol. The van der Waals surface area contributed by atoms with Gasteiger partial charge in [0, 0.05) is 11.8 Å². The average Bonchev–Trinajstić information content (AvgIpc) is 2.56. The van der Waals surface area contributed by atoms with Gasteiger partial charge in [0.15, 0.2) is 0 Å². The molecule has 58 valence electrons. The van der Waals surface area contributed by atoms with Crippen molar-refractivity contribution >= 4 is 0 Å². The summed E-state index contributed by atoms with van der Waals surface area (Å²) in [6.07, 6.45) is 2.49. The first-order valence-electron chi connectivity index (χ1n) is 4.41. The maximum atomic E-state index is 5.82. The van der Waals surface area contributed by atoms with Crippen LogP contribution in [0.15, 0.2) is 0 Å². The predicted molar refractivity (Wildman–Crippen MR) is 33.0 cm³/mol. The smallest absolute Gasteiger partial charge is 0.0926 e. The fraction of sp³-hybridized carbons (Fsp3) is 1.00. The zero-order valence-corrected chi connectivity index (χ0v) is 5.84. The van der Waals surface area contributed by atoms with E-state index in [1.807, 2.05) is 0 Å². The molecule has 0 unspecified atom stereocenters. The Balaban J connectivity index is 1.94. The van der Waals surface area contributed by atoms with E-state index in [0.29, 0.717) is 48.5 Å². The molecule has 0 radical (unpaired) electrons. The zero-order chi connectivity index (χ0) is 6.74. The van der Waals surface area contributed by atoms with Gasteiger partial charge in [0.05, 0.1) is 36.6 Å². The molecule has 0 N–H and O–H groups in total. The highest BCUT2D eigenvalue weighted by atomic mass is 16.7. The highest BCUT2D eigenvalue weighted by Gasteiger charge is 2.81. The lowest BCUT2D eigenvalue weighted by atomic mass is 9.71. The van der Waals surface area contributed by atoms with Gasteiger partial charge in [-0.05, 0) is 0 Å². The lowest BCUT2D eigenvalue weighted by Crippen LogP contribution is -2.44. The van der Waals surface area contributed by atoms with E-state index in [-0.39, 0.29) is 0 Å². The van der Waals surface area contributed by atoms with Gasteiger partial charge in [-0.3, -0.25) is 0 Å². The van der Waals surface area contributed by atoms with E-state index in [1.54, 1.807) is 0 Å². The third-order valence-corrected chi connectivity index (χ3v) is 4.19. The van der Waals surface area contributed by atoms with E-state index >= 15 is 0 Å². The van der Waals surface area contributed by atoms with Gasteiger partial charge in [-0.1, -0.05) is 0 Å². The van der Waals surface area contributed by atoms with Crippen LogP contribution in [0.25, 0.3) is 0 Å². The van der Waals surface area contributed by atoms with Crippen molar-refractivity contribution < 1.29 is 14.2 Å². The molecule has 0 amide bonds. The van der Waals surface area contributed by atoms with Gasteiger partial charge in [-0.2, -0.15) is 0 Å². The Morgan fingerprint density at radius 3 is 1.00 bits per heavy atom. The fourth-order valence-corrected chi connectivity index (χ4v) is 3.99. The van der Waals surface area contributed by atoms with E-state index in [4.69, 9.17) is 14.2 Å². The van der Waals surface area contributed by atoms with Gasteiger partial charge in [0.2, 0.25) is 0 Å². The third kappa shape index (κ3) is 0.268. The summed E-state index contributed by atoms with van der Waals surface area (Å²) >= 11 is 0. The van der Waals surface area contributed by atoms with Crippen LogP contribution < -0.4 is 0 Å². The fourth-order valence-electron chi connectivity index (χ4n) is 3.99. The van der Waals surface area contributed by atoms with Crippen LogP contribution in [0.3, 0.4) is 0 Å². The highest BCUT2D eigenvalue weighted by Crippen LogP contribution is 2.66. The molecule has 6 heterocycles. The van der Waals surface area contributed by atoms with Gasteiger partial charge < -0.3 is 14.2 Å². The topological polar surface area (TPSA) is 27.7 Å². The molecule has 6 aliphatic rings. The summed E-state index contributed by atoms with van der Waals surface area (Å²) in [5.74, 6) is 1.22. The minimum absolute atomic E-state index is 0.416. The molecule has 0 spiro atoms. The van der Waals surface area contributed by atoms with Gasteiger partial charge in [0.1, 0.15) is 0 Å². The molecule has 6 atom stereocenters. The molecule has 6 saturated heterocycles. The van der Waals surface area contributed by atoms with Crippen molar-refractivity contribution in [2.45, 2.75) is 36.6 Å². The van der Waals surface area contributed by atoms with E-state index in [9.17, 15) is 0 Å². The van der Waals surface area contributed by atoms with Crippen molar-refractivity contribution in [1.29, 1.82) is 0 Å². The number of hydrogen-bond donors (Lipinski definition) is 0. The Morgan fingerprint density at radius 1 is 0.455 bits per heavy atom. The molecule has 6 fully saturated rings. The molecule has 0 aliphatic carbocycles. The van der Waals surface area contributed by atoms with E-state index < -0.39 is 0 Å². The quantitative estimate of drug-likeness (QED) is 0.470. The van der Waals surface area contributed by atoms with Crippen molar-refractivity contribution in [1.82, 2.24) is 0 Å². The summed E-state index contributed by atoms with van der Waals surface area (Å²) in [4.78, 5) is 0. The molecule has 11 heavy (non-hydrogen) atoms. The molecule has 0 saturated carbocycles. The zero-order valence-electron chi connectivity index (χ0n) is 5.84. The van der Waals surface area contributed by atoms with Crippen LogP contribution >= 0.6 is 0 Å². The van der Waals surface area contributed by atoms with Gasteiger partial charge in [-0.15, -0.1) is 0 Å². The Bertz CT molecular complexity index is 199. The number of ether oxygens (including phenoxy) is 3. The average molecular weight is 152 g/mol. The van der Waals surface area contributed by atoms with Gasteiger partial charge in [0.25, 0.3) is 0 Å². The third-order valence-electron chi connectivity index (χ3n) is 4.19. The van der Waals surface area contributed by atoms with E-state index in [0.717, 1.165) is 0 Å². The summed E-state index contributed by atoms with van der Waals surface area (Å²) in [5.41, 5.74) is 0. The lowest BCUT2D eigenvalue weighted by molar-refractivity contribution is 0.0550. The Labute approximate surface area is 63.6 Å². The SMILES string of the molecule is O1[C@H]2C3[C@@H]4O[C@H]2C2[C@H]1[C@H]3O[C@@H]24. The van der Waals surface area contributed by atoms with Crippen molar-refractivity contribution in [2.24, 2.45) is 11.8 Å². The molecule has 0 aromatic rings. The summed E-state index contributed by atoms with van der Waals surface area (Å²) in [6.45, 7) is 0. The minimum atomic E-state index is 0.416. The monoisotopic (exact) mass is 152 g/mol. The van der Waals surface area contributed by atoms with Crippen LogP contribution in [0.5, 0.6) is 0 Å². The molecule has 0 aromatic carbocycles. The predicted octanol–water partition coefficient (Wildman–Crippen LogP) is -0.452. The highest BCUT2D eigenvalue weighted by molar-refractivity contribution is 5.27. The van der Waals surface area contributed by atoms with Crippen LogP contribution in [0.2, 0.25) is 0 Å². The first kappa shape index (κ1) is 4.80. The Kier molecular flexibility index (Phi) is 0.470. The number of rotatable bonds is 0. The summed E-state index contributed by atoms with van der Waals surface area (Å²) in [5, 5.41) is 0. The van der Waals surface area contributed by atoms with Crippen molar-refractivity contribution in [3.63, 3.8) is 0 Å². The standard InChI is InChI=1S/C8H8O3/c9-3-1-4-7(9)2-6(3)10-5(1)8(2)11-4/h1-8H/t1?,2?,3-,4-,5-,6-,7-,8-/m0/s1. The van der Waals surface area contributed by atoms with Crippen LogP contribution in [0, 0.1) is 11.8 Å². The van der Waals surface area contributed by atoms with Crippen LogP contribution in [0.1, 0.15) is 0 Å². The maximum absolute atomic E-state index is 5.82. The first-order valence-corrected chi connectivity index (χ1v) is 4.41. The second kappa shape index (κ2) is 1.08. The van der Waals surface area contributed by atoms with Crippen molar-refractivity contribution in [3.8, 4) is 0 Å². The van der Waals surface area contributed by atoms with Crippen molar-refractivity contribution in [2.75, 3.05) is 0 Å². The van der Waals surface area contributed by atoms with E-state index in [1.165, 1.54) is 0 Å². The molecule has 0 aromatic heterocycles. The molecule has 3 nitrogen and oxygen atoms in total. The molecule has 3 heteroatoms. The summed E-state index contributed by atoms with van der Waals surface area (Å²) < 4.78 is 17.5. The van der Waals surface area contributed by atoms with Crippen LogP contribution in [-0.2, 0) is 14.2 Å². The molecular formula is C8H8O3. The summed E-state index contributed by atoms with van der Waals surface area (Å²) in [6, 6.07) is 0. The number of hydrogen-bond acceptors (Lipinski definition) is 3. The Hall–Kier alpha value is -0.120. The molecule has 6 bridgehead atoms. The van der Waals surface area contributed by atoms with Crippen LogP contribution in [-0.4, -0.2) is 36.6 Å². The molecule has 6 aliphatic heterocycles. The lowest BCUT2D eigenvalue weighted by Gasteiger charge is -2.23. The molecule has 6 rings (SSSR count). The first-order chi connectivity index (χ1) is 5.45. The second-order valence-corrected chi connectivity index (χ2v) is 4.35. The Morgan fingerprint density at radius 2 is 0.727 bits per heavy atom. The minimum Gasteiger partial charge on any atom is -0.369 e. The maximum Gasteiger partial charge on any atom is 0.0926 e. The van der Waals surface area contributed by atoms with Crippen molar-refractivity contribution in [3.05, 3.63) is 0 Å². The van der Waals surface area contributed by atoms with Gasteiger partial charge in [-0.25, -0.2) is 0 Å². The van der Waals surface area contributed by atoms with E-state index in [2.05, 4.69) is 0 Å². The second-order valence-electron chi connectivity index (χ2n) is 4.35. The summed E-state index contributed by atoms with van der Waals surface area (Å²) in [7, 11) is 0. The largest absolute Gasteiger partial charge is 0.369 e.